The van der Waals surface area contributed by atoms with Crippen LogP contribution in [0.4, 0.5) is 0 Å². The summed E-state index contributed by atoms with van der Waals surface area (Å²) in [4.78, 5) is 14.4. The van der Waals surface area contributed by atoms with Crippen molar-refractivity contribution in [3.05, 3.63) is 29.8 Å². The third-order valence-corrected chi connectivity index (χ3v) is 3.41. The summed E-state index contributed by atoms with van der Waals surface area (Å²) in [7, 11) is 1.62. The van der Waals surface area contributed by atoms with Gasteiger partial charge in [-0.05, 0) is 25.0 Å². The summed E-state index contributed by atoms with van der Waals surface area (Å²) < 4.78 is 10.6. The van der Waals surface area contributed by atoms with E-state index in [1.165, 1.54) is 0 Å². The number of piperidine rings is 1. The van der Waals surface area contributed by atoms with E-state index in [9.17, 15) is 4.79 Å². The molecule has 0 bridgehead atoms. The first-order valence-electron chi connectivity index (χ1n) is 6.98. The number of ether oxygens (including phenoxy) is 2. The number of nitrogens with zero attached hydrogens (tertiary/aromatic N) is 1. The molecule has 0 saturated carbocycles. The van der Waals surface area contributed by atoms with Crippen molar-refractivity contribution in [1.82, 2.24) is 4.90 Å². The number of methoxy groups -OCH3 is 1. The Kier molecular flexibility index (Phi) is 5.38. The molecule has 110 valence electrons. The smallest absolute Gasteiger partial charge is 0.257 e. The minimum atomic E-state index is -0.00633. The van der Waals surface area contributed by atoms with Gasteiger partial charge in [-0.15, -0.1) is 0 Å². The van der Waals surface area contributed by atoms with E-state index in [4.69, 9.17) is 15.2 Å². The first-order chi connectivity index (χ1) is 9.72. The SMILES string of the molecule is COCCOc1ccccc1C(=O)N1CCCC(N)C1. The number of carbonyl (C=O) groups excluding carboxylic acids is 1. The summed E-state index contributed by atoms with van der Waals surface area (Å²) in [6, 6.07) is 7.40. The van der Waals surface area contributed by atoms with E-state index in [-0.39, 0.29) is 11.9 Å². The zero-order chi connectivity index (χ0) is 14.4. The summed E-state index contributed by atoms with van der Waals surface area (Å²) in [5.41, 5.74) is 6.53. The van der Waals surface area contributed by atoms with Crippen LogP contribution in [0.5, 0.6) is 5.75 Å². The minimum absolute atomic E-state index is 0.00633. The lowest BCUT2D eigenvalue weighted by Gasteiger charge is -2.31. The van der Waals surface area contributed by atoms with Crippen LogP contribution in [0, 0.1) is 0 Å². The normalized spacial score (nSPS) is 18.9. The predicted octanol–water partition coefficient (Wildman–Crippen LogP) is 1.28. The first-order valence-corrected chi connectivity index (χ1v) is 6.98. The van der Waals surface area contributed by atoms with E-state index < -0.39 is 0 Å². The highest BCUT2D eigenvalue weighted by Crippen LogP contribution is 2.21. The molecule has 0 aromatic heterocycles. The lowest BCUT2D eigenvalue weighted by atomic mass is 10.0. The molecule has 1 atom stereocenters. The molecular weight excluding hydrogens is 256 g/mol. The number of para-hydroxylation sites is 1. The maximum Gasteiger partial charge on any atom is 0.257 e. The van der Waals surface area contributed by atoms with E-state index in [1.54, 1.807) is 13.2 Å². The number of likely N-dealkylation sites (tertiary alicyclic amines) is 1. The largest absolute Gasteiger partial charge is 0.490 e. The molecule has 1 aliphatic heterocycles. The van der Waals surface area contributed by atoms with Gasteiger partial charge in [0.15, 0.2) is 0 Å². The molecule has 1 aromatic carbocycles. The number of amides is 1. The Morgan fingerprint density at radius 1 is 1.40 bits per heavy atom. The molecule has 1 amide bonds. The van der Waals surface area contributed by atoms with Crippen molar-refractivity contribution in [2.75, 3.05) is 33.4 Å². The van der Waals surface area contributed by atoms with E-state index in [1.807, 2.05) is 23.1 Å². The monoisotopic (exact) mass is 278 g/mol. The summed E-state index contributed by atoms with van der Waals surface area (Å²) in [6.45, 7) is 2.31. The Morgan fingerprint density at radius 2 is 2.20 bits per heavy atom. The van der Waals surface area contributed by atoms with Crippen LogP contribution in [0.3, 0.4) is 0 Å². The van der Waals surface area contributed by atoms with Gasteiger partial charge in [-0.25, -0.2) is 0 Å². The van der Waals surface area contributed by atoms with Crippen LogP contribution in [-0.2, 0) is 4.74 Å². The van der Waals surface area contributed by atoms with Gasteiger partial charge < -0.3 is 20.1 Å². The molecular formula is C15H22N2O3. The number of rotatable bonds is 5. The fourth-order valence-electron chi connectivity index (χ4n) is 2.37. The van der Waals surface area contributed by atoms with E-state index >= 15 is 0 Å². The van der Waals surface area contributed by atoms with Gasteiger partial charge in [0.05, 0.1) is 12.2 Å². The number of carbonyl (C=O) groups is 1. The molecule has 0 aliphatic carbocycles. The van der Waals surface area contributed by atoms with Gasteiger partial charge in [0.25, 0.3) is 5.91 Å². The molecule has 1 aromatic rings. The van der Waals surface area contributed by atoms with Crippen LogP contribution in [0.2, 0.25) is 0 Å². The lowest BCUT2D eigenvalue weighted by Crippen LogP contribution is -2.45. The Hall–Kier alpha value is -1.59. The first kappa shape index (κ1) is 14.8. The Balaban J connectivity index is 2.08. The van der Waals surface area contributed by atoms with Crippen LogP contribution in [0.25, 0.3) is 0 Å². The summed E-state index contributed by atoms with van der Waals surface area (Å²) in [5, 5.41) is 0. The second kappa shape index (κ2) is 7.26. The van der Waals surface area contributed by atoms with Crippen LogP contribution in [0.1, 0.15) is 23.2 Å². The third kappa shape index (κ3) is 3.71. The maximum atomic E-state index is 12.6. The van der Waals surface area contributed by atoms with E-state index in [2.05, 4.69) is 0 Å². The summed E-state index contributed by atoms with van der Waals surface area (Å²) in [6.07, 6.45) is 1.94. The molecule has 1 heterocycles. The number of hydrogen-bond acceptors (Lipinski definition) is 4. The van der Waals surface area contributed by atoms with Crippen molar-refractivity contribution in [2.24, 2.45) is 5.73 Å². The topological polar surface area (TPSA) is 64.8 Å². The molecule has 2 rings (SSSR count). The predicted molar refractivity (Wildman–Crippen MR) is 76.9 cm³/mol. The Morgan fingerprint density at radius 3 is 2.95 bits per heavy atom. The van der Waals surface area contributed by atoms with Crippen LogP contribution in [-0.4, -0.2) is 50.3 Å². The zero-order valence-electron chi connectivity index (χ0n) is 11.9. The van der Waals surface area contributed by atoms with Crippen LogP contribution >= 0.6 is 0 Å². The second-order valence-electron chi connectivity index (χ2n) is 4.99. The molecule has 20 heavy (non-hydrogen) atoms. The molecule has 5 nitrogen and oxygen atoms in total. The molecule has 2 N–H and O–H groups in total. The molecule has 1 aliphatic rings. The van der Waals surface area contributed by atoms with Gasteiger partial charge in [0.1, 0.15) is 12.4 Å². The van der Waals surface area contributed by atoms with Crippen molar-refractivity contribution in [3.63, 3.8) is 0 Å². The number of benzene rings is 1. The van der Waals surface area contributed by atoms with Gasteiger partial charge in [-0.3, -0.25) is 4.79 Å². The van der Waals surface area contributed by atoms with E-state index in [0.29, 0.717) is 31.1 Å². The number of hydrogen-bond donors (Lipinski definition) is 1. The van der Waals surface area contributed by atoms with Crippen LogP contribution < -0.4 is 10.5 Å². The Labute approximate surface area is 119 Å². The molecule has 1 fully saturated rings. The quantitative estimate of drug-likeness (QED) is 0.824. The fraction of sp³-hybridized carbons (Fsp3) is 0.533. The van der Waals surface area contributed by atoms with Gasteiger partial charge in [-0.2, -0.15) is 0 Å². The average molecular weight is 278 g/mol. The minimum Gasteiger partial charge on any atom is -0.490 e. The standard InChI is InChI=1S/C15H22N2O3/c1-19-9-10-20-14-7-3-2-6-13(14)15(18)17-8-4-5-12(16)11-17/h2-3,6-7,12H,4-5,8-11,16H2,1H3. The molecule has 1 saturated heterocycles. The maximum absolute atomic E-state index is 12.6. The van der Waals surface area contributed by atoms with Crippen molar-refractivity contribution in [2.45, 2.75) is 18.9 Å². The molecule has 0 spiro atoms. The van der Waals surface area contributed by atoms with E-state index in [0.717, 1.165) is 19.4 Å². The van der Waals surface area contributed by atoms with Gasteiger partial charge in [0.2, 0.25) is 0 Å². The van der Waals surface area contributed by atoms with Crippen molar-refractivity contribution in [1.29, 1.82) is 0 Å². The highest BCUT2D eigenvalue weighted by Gasteiger charge is 2.24. The molecule has 5 heteroatoms. The molecule has 0 radical (unpaired) electrons. The number of nitrogens with two attached hydrogens (primary N) is 1. The third-order valence-electron chi connectivity index (χ3n) is 3.41. The summed E-state index contributed by atoms with van der Waals surface area (Å²) in [5.74, 6) is 0.599. The fourth-order valence-corrected chi connectivity index (χ4v) is 2.37. The van der Waals surface area contributed by atoms with Crippen molar-refractivity contribution in [3.8, 4) is 5.75 Å². The van der Waals surface area contributed by atoms with Crippen molar-refractivity contribution >= 4 is 5.91 Å². The van der Waals surface area contributed by atoms with Crippen LogP contribution in [0.15, 0.2) is 24.3 Å². The summed E-state index contributed by atoms with van der Waals surface area (Å²) >= 11 is 0. The highest BCUT2D eigenvalue weighted by atomic mass is 16.5. The highest BCUT2D eigenvalue weighted by molar-refractivity contribution is 5.97. The lowest BCUT2D eigenvalue weighted by molar-refractivity contribution is 0.0702. The van der Waals surface area contributed by atoms with Gasteiger partial charge >= 0.3 is 0 Å². The van der Waals surface area contributed by atoms with Gasteiger partial charge in [0, 0.05) is 26.2 Å². The zero-order valence-corrected chi connectivity index (χ0v) is 11.9. The Bertz CT molecular complexity index is 450. The van der Waals surface area contributed by atoms with Gasteiger partial charge in [-0.1, -0.05) is 12.1 Å². The van der Waals surface area contributed by atoms with Crippen molar-refractivity contribution < 1.29 is 14.3 Å². The average Bonchev–Trinajstić information content (AvgIpc) is 2.47. The molecule has 1 unspecified atom stereocenters. The second-order valence-corrected chi connectivity index (χ2v) is 4.99.